The number of carbonyl (C=O) groups is 1. The molecule has 0 bridgehead atoms. The van der Waals surface area contributed by atoms with Crippen molar-refractivity contribution in [1.29, 1.82) is 0 Å². The number of fused-ring (bicyclic) bond motifs is 3. The van der Waals surface area contributed by atoms with Crippen LogP contribution >= 0.6 is 0 Å². The molecule has 0 spiro atoms. The smallest absolute Gasteiger partial charge is 0.271 e. The molecule has 6 heteroatoms. The Bertz CT molecular complexity index is 1550. The highest BCUT2D eigenvalue weighted by Crippen LogP contribution is 2.35. The number of rotatable bonds is 3. The average Bonchev–Trinajstić information content (AvgIpc) is 3.00. The normalized spacial score (nSPS) is 23.7. The summed E-state index contributed by atoms with van der Waals surface area (Å²) in [5, 5.41) is 1.59. The van der Waals surface area contributed by atoms with Crippen LogP contribution in [0.25, 0.3) is 27.5 Å². The van der Waals surface area contributed by atoms with E-state index in [0.29, 0.717) is 34.8 Å². The molecule has 3 heterocycles. The third kappa shape index (κ3) is 5.10. The molecule has 1 aliphatic heterocycles. The van der Waals surface area contributed by atoms with Crippen LogP contribution in [0.4, 0.5) is 0 Å². The van der Waals surface area contributed by atoms with Crippen molar-refractivity contribution in [2.75, 3.05) is 6.54 Å². The standard InChI is InChI=1S/C32H32N4O2/c1-4-30(37)35-21-33-17-7-12-27(18-23(35)3)36-31(38)16-14-26-20-34-29-15-13-25(19-28(29)32(26)36)24-10-5-8-22(2)9-6-11-24/h4,7,12-13,15,18-22,24H,1,3,5-6,8-11,17H2,2H3/b12-7-,27-18+,33-21-. The maximum atomic E-state index is 13.4. The molecular weight excluding hydrogens is 472 g/mol. The van der Waals surface area contributed by atoms with Crippen LogP contribution in [0.15, 0.2) is 77.3 Å². The van der Waals surface area contributed by atoms with Crippen LogP contribution in [0.2, 0.25) is 0 Å². The number of nitrogens with zero attached hydrogens (tertiary/aromatic N) is 4. The molecule has 192 valence electrons. The first-order valence-corrected chi connectivity index (χ1v) is 13.3. The van der Waals surface area contributed by atoms with Crippen molar-refractivity contribution >= 4 is 39.7 Å². The van der Waals surface area contributed by atoms with E-state index in [-0.39, 0.29) is 11.5 Å². The summed E-state index contributed by atoms with van der Waals surface area (Å²) >= 11 is 0. The SMILES string of the molecule is C=CC(=O)N1/C=N\C/C=C\C(n2c(=O)c#cc3cnc4ccc(C5CCCC(C)CCC5)cc4c32)=C/C1=C. The van der Waals surface area contributed by atoms with Gasteiger partial charge in [-0.2, -0.15) is 0 Å². The summed E-state index contributed by atoms with van der Waals surface area (Å²) < 4.78 is 1.61. The van der Waals surface area contributed by atoms with E-state index in [1.54, 1.807) is 16.8 Å². The zero-order valence-electron chi connectivity index (χ0n) is 21.8. The van der Waals surface area contributed by atoms with Gasteiger partial charge in [-0.3, -0.25) is 29.0 Å². The summed E-state index contributed by atoms with van der Waals surface area (Å²) in [6.07, 6.45) is 17.1. The van der Waals surface area contributed by atoms with Crippen LogP contribution < -0.4 is 5.56 Å². The molecule has 0 saturated heterocycles. The number of aromatic nitrogens is 2. The van der Waals surface area contributed by atoms with Crippen molar-refractivity contribution < 1.29 is 4.79 Å². The van der Waals surface area contributed by atoms with Crippen LogP contribution in [0, 0.1) is 18.1 Å². The number of allylic oxidation sites excluding steroid dienone is 3. The fourth-order valence-electron chi connectivity index (χ4n) is 5.52. The Kier molecular flexibility index (Phi) is 7.37. The topological polar surface area (TPSA) is 67.6 Å². The van der Waals surface area contributed by atoms with Crippen molar-refractivity contribution in [2.24, 2.45) is 10.9 Å². The quantitative estimate of drug-likeness (QED) is 0.399. The molecule has 2 aromatic heterocycles. The molecule has 0 atom stereocenters. The lowest BCUT2D eigenvalue weighted by Crippen LogP contribution is -2.26. The lowest BCUT2D eigenvalue weighted by molar-refractivity contribution is -0.120. The van der Waals surface area contributed by atoms with Crippen molar-refractivity contribution in [1.82, 2.24) is 14.5 Å². The van der Waals surface area contributed by atoms with Gasteiger partial charge in [0.2, 0.25) is 0 Å². The predicted molar refractivity (Wildman–Crippen MR) is 154 cm³/mol. The molecule has 1 fully saturated rings. The number of aliphatic imine (C=N–C) groups is 1. The van der Waals surface area contributed by atoms with Gasteiger partial charge < -0.3 is 0 Å². The van der Waals surface area contributed by atoms with Crippen molar-refractivity contribution in [3.8, 4) is 0 Å². The summed E-state index contributed by atoms with van der Waals surface area (Å²) in [5.41, 5.74) is 3.39. The van der Waals surface area contributed by atoms with Crippen LogP contribution in [-0.2, 0) is 4.79 Å². The molecule has 1 aromatic carbocycles. The summed E-state index contributed by atoms with van der Waals surface area (Å²) in [6, 6.07) is 12.2. The second kappa shape index (κ2) is 11.0. The number of amides is 1. The summed E-state index contributed by atoms with van der Waals surface area (Å²) in [4.78, 5) is 36.0. The third-order valence-electron chi connectivity index (χ3n) is 7.56. The molecule has 0 unspecified atom stereocenters. The number of carbonyl (C=O) groups excluding carboxylic acids is 1. The highest BCUT2D eigenvalue weighted by Gasteiger charge is 2.19. The fraction of sp³-hybridized carbons (Fsp3) is 0.312. The second-order valence-corrected chi connectivity index (χ2v) is 10.2. The van der Waals surface area contributed by atoms with Gasteiger partial charge in [-0.1, -0.05) is 64.0 Å². The fourth-order valence-corrected chi connectivity index (χ4v) is 5.52. The number of hydrogen-bond donors (Lipinski definition) is 0. The Morgan fingerprint density at radius 2 is 1.95 bits per heavy atom. The van der Waals surface area contributed by atoms with Crippen LogP contribution in [-0.4, -0.2) is 33.2 Å². The molecular formula is C32H32N4O2. The zero-order valence-corrected chi connectivity index (χ0v) is 21.8. The van der Waals surface area contributed by atoms with Crippen molar-refractivity contribution in [3.05, 3.63) is 95.6 Å². The Hall–Kier alpha value is -4.24. The van der Waals surface area contributed by atoms with Gasteiger partial charge in [-0.25, -0.2) is 0 Å². The Balaban J connectivity index is 1.68. The number of hydrogen-bond acceptors (Lipinski definition) is 4. The minimum atomic E-state index is -0.353. The average molecular weight is 505 g/mol. The highest BCUT2D eigenvalue weighted by atomic mass is 16.2. The molecule has 5 rings (SSSR count). The van der Waals surface area contributed by atoms with E-state index in [2.05, 4.69) is 60.4 Å². The van der Waals surface area contributed by atoms with Gasteiger partial charge in [-0.05, 0) is 60.6 Å². The molecule has 6 nitrogen and oxygen atoms in total. The van der Waals surface area contributed by atoms with E-state index < -0.39 is 0 Å². The van der Waals surface area contributed by atoms with Gasteiger partial charge in [0.25, 0.3) is 5.91 Å². The maximum Gasteiger partial charge on any atom is 0.307 e. The van der Waals surface area contributed by atoms with Crippen LogP contribution in [0.1, 0.15) is 56.9 Å². The summed E-state index contributed by atoms with van der Waals surface area (Å²) in [7, 11) is 0. The van der Waals surface area contributed by atoms with Crippen LogP contribution in [0.3, 0.4) is 0 Å². The molecule has 38 heavy (non-hydrogen) atoms. The molecule has 0 radical (unpaired) electrons. The Morgan fingerprint density at radius 1 is 1.16 bits per heavy atom. The van der Waals surface area contributed by atoms with Crippen LogP contribution in [0.5, 0.6) is 0 Å². The lowest BCUT2D eigenvalue weighted by atomic mass is 9.83. The van der Waals surface area contributed by atoms with E-state index in [1.807, 2.05) is 12.2 Å². The first-order valence-electron chi connectivity index (χ1n) is 13.3. The van der Waals surface area contributed by atoms with Crippen molar-refractivity contribution in [3.63, 3.8) is 0 Å². The summed E-state index contributed by atoms with van der Waals surface area (Å²) in [5.74, 6) is 0.935. The van der Waals surface area contributed by atoms with E-state index in [9.17, 15) is 9.59 Å². The van der Waals surface area contributed by atoms with Gasteiger partial charge in [-0.15, -0.1) is 0 Å². The minimum Gasteiger partial charge on any atom is -0.271 e. The summed E-state index contributed by atoms with van der Waals surface area (Å²) in [6.45, 7) is 10.3. The van der Waals surface area contributed by atoms with E-state index in [1.165, 1.54) is 61.4 Å². The molecule has 0 N–H and O–H groups in total. The molecule has 2 aliphatic rings. The van der Waals surface area contributed by atoms with E-state index in [0.717, 1.165) is 16.8 Å². The Labute approximate surface area is 223 Å². The first kappa shape index (κ1) is 25.4. The first-order chi connectivity index (χ1) is 18.5. The van der Waals surface area contributed by atoms with Gasteiger partial charge in [0.1, 0.15) is 0 Å². The number of pyridine rings is 1. The van der Waals surface area contributed by atoms with Gasteiger partial charge in [0.05, 0.1) is 35.0 Å². The zero-order chi connectivity index (χ0) is 26.6. The Morgan fingerprint density at radius 3 is 2.71 bits per heavy atom. The van der Waals surface area contributed by atoms with E-state index >= 15 is 0 Å². The lowest BCUT2D eigenvalue weighted by Gasteiger charge is -2.23. The van der Waals surface area contributed by atoms with Gasteiger partial charge in [0.15, 0.2) is 0 Å². The monoisotopic (exact) mass is 504 g/mol. The van der Waals surface area contributed by atoms with Crippen molar-refractivity contribution in [2.45, 2.75) is 51.4 Å². The van der Waals surface area contributed by atoms with E-state index in [4.69, 9.17) is 0 Å². The van der Waals surface area contributed by atoms with Gasteiger partial charge >= 0.3 is 5.56 Å². The molecule has 3 aromatic rings. The molecule has 1 amide bonds. The maximum absolute atomic E-state index is 13.4. The molecule has 1 aliphatic carbocycles. The number of benzene rings is 1. The largest absolute Gasteiger partial charge is 0.307 e. The second-order valence-electron chi connectivity index (χ2n) is 10.2. The minimum absolute atomic E-state index is 0.341. The highest BCUT2D eigenvalue weighted by molar-refractivity contribution is 6.04. The third-order valence-corrected chi connectivity index (χ3v) is 7.56. The van der Waals surface area contributed by atoms with Gasteiger partial charge in [0, 0.05) is 23.3 Å². The molecule has 1 saturated carbocycles. The predicted octanol–water partition coefficient (Wildman–Crippen LogP) is 6.19.